The summed E-state index contributed by atoms with van der Waals surface area (Å²) in [7, 11) is 1.64. The molecule has 0 aliphatic heterocycles. The van der Waals surface area contributed by atoms with E-state index in [0.717, 1.165) is 22.8 Å². The Morgan fingerprint density at radius 3 is 2.09 bits per heavy atom. The van der Waals surface area contributed by atoms with E-state index in [1.165, 1.54) is 12.5 Å². The largest absolute Gasteiger partial charge is 0.497 e. The summed E-state index contributed by atoms with van der Waals surface area (Å²) in [6.45, 7) is 0. The SMILES string of the molecule is COc1ccc(Nc2ccc(NC(=O)c3ccoc3)cc2)cc1. The first-order valence-electron chi connectivity index (χ1n) is 7.09. The standard InChI is InChI=1S/C18H16N2O3/c1-22-17-8-6-15(7-9-17)19-14-2-4-16(5-3-14)20-18(21)13-10-11-23-12-13/h2-12,19H,1H3,(H,20,21). The van der Waals surface area contributed by atoms with E-state index in [-0.39, 0.29) is 5.91 Å². The minimum absolute atomic E-state index is 0.199. The number of nitrogens with one attached hydrogen (secondary N) is 2. The summed E-state index contributed by atoms with van der Waals surface area (Å²) in [5.74, 6) is 0.613. The van der Waals surface area contributed by atoms with Crippen LogP contribution in [0.4, 0.5) is 17.1 Å². The predicted octanol–water partition coefficient (Wildman–Crippen LogP) is 4.28. The highest BCUT2D eigenvalue weighted by Gasteiger charge is 2.06. The van der Waals surface area contributed by atoms with E-state index in [1.807, 2.05) is 48.5 Å². The van der Waals surface area contributed by atoms with Crippen molar-refractivity contribution in [2.75, 3.05) is 17.7 Å². The molecule has 23 heavy (non-hydrogen) atoms. The van der Waals surface area contributed by atoms with Gasteiger partial charge in [0.2, 0.25) is 0 Å². The lowest BCUT2D eigenvalue weighted by Gasteiger charge is -2.09. The Bertz CT molecular complexity index is 763. The van der Waals surface area contributed by atoms with E-state index in [9.17, 15) is 4.79 Å². The number of anilines is 3. The molecular weight excluding hydrogens is 292 g/mol. The zero-order chi connectivity index (χ0) is 16.1. The molecule has 0 saturated carbocycles. The van der Waals surface area contributed by atoms with Crippen molar-refractivity contribution in [1.29, 1.82) is 0 Å². The summed E-state index contributed by atoms with van der Waals surface area (Å²) in [6.07, 6.45) is 2.88. The van der Waals surface area contributed by atoms with Gasteiger partial charge >= 0.3 is 0 Å². The van der Waals surface area contributed by atoms with Crippen molar-refractivity contribution >= 4 is 23.0 Å². The van der Waals surface area contributed by atoms with E-state index in [1.54, 1.807) is 13.2 Å². The van der Waals surface area contributed by atoms with Gasteiger partial charge in [-0.2, -0.15) is 0 Å². The van der Waals surface area contributed by atoms with Crippen LogP contribution in [0.3, 0.4) is 0 Å². The van der Waals surface area contributed by atoms with E-state index in [0.29, 0.717) is 5.56 Å². The van der Waals surface area contributed by atoms with Crippen molar-refractivity contribution in [3.05, 3.63) is 72.7 Å². The van der Waals surface area contributed by atoms with Gasteiger partial charge in [0.05, 0.1) is 18.9 Å². The van der Waals surface area contributed by atoms with Crippen LogP contribution in [-0.2, 0) is 0 Å². The molecule has 1 amide bonds. The van der Waals surface area contributed by atoms with Crippen molar-refractivity contribution < 1.29 is 13.9 Å². The normalized spacial score (nSPS) is 10.1. The number of furan rings is 1. The monoisotopic (exact) mass is 308 g/mol. The smallest absolute Gasteiger partial charge is 0.258 e. The summed E-state index contributed by atoms with van der Waals surface area (Å²) in [5, 5.41) is 6.09. The zero-order valence-electron chi connectivity index (χ0n) is 12.6. The predicted molar refractivity (Wildman–Crippen MR) is 89.4 cm³/mol. The highest BCUT2D eigenvalue weighted by molar-refractivity contribution is 6.04. The number of benzene rings is 2. The van der Waals surface area contributed by atoms with Crippen LogP contribution in [0, 0.1) is 0 Å². The number of carbonyl (C=O) groups is 1. The molecule has 0 aliphatic carbocycles. The summed E-state index contributed by atoms with van der Waals surface area (Å²) >= 11 is 0. The summed E-state index contributed by atoms with van der Waals surface area (Å²) in [6, 6.07) is 16.7. The fourth-order valence-corrected chi connectivity index (χ4v) is 2.07. The molecule has 0 unspecified atom stereocenters. The van der Waals surface area contributed by atoms with Gasteiger partial charge in [-0.05, 0) is 54.6 Å². The average molecular weight is 308 g/mol. The van der Waals surface area contributed by atoms with Gasteiger partial charge in [0.15, 0.2) is 0 Å². The molecule has 2 aromatic carbocycles. The van der Waals surface area contributed by atoms with Gasteiger partial charge in [-0.15, -0.1) is 0 Å². The van der Waals surface area contributed by atoms with Crippen LogP contribution in [0.25, 0.3) is 0 Å². The summed E-state index contributed by atoms with van der Waals surface area (Å²) in [4.78, 5) is 11.9. The van der Waals surface area contributed by atoms with Crippen LogP contribution in [0.2, 0.25) is 0 Å². The third-order valence-electron chi connectivity index (χ3n) is 3.30. The van der Waals surface area contributed by atoms with Gasteiger partial charge in [-0.3, -0.25) is 4.79 Å². The maximum atomic E-state index is 11.9. The number of hydrogen-bond donors (Lipinski definition) is 2. The van der Waals surface area contributed by atoms with Crippen LogP contribution >= 0.6 is 0 Å². The average Bonchev–Trinajstić information content (AvgIpc) is 3.12. The second kappa shape index (κ2) is 6.70. The second-order valence-corrected chi connectivity index (χ2v) is 4.90. The molecule has 3 rings (SSSR count). The number of ether oxygens (including phenoxy) is 1. The molecule has 0 spiro atoms. The van der Waals surface area contributed by atoms with Crippen molar-refractivity contribution in [2.24, 2.45) is 0 Å². The van der Waals surface area contributed by atoms with Gasteiger partial charge in [0.25, 0.3) is 5.91 Å². The molecule has 0 atom stereocenters. The van der Waals surface area contributed by atoms with Crippen LogP contribution in [0.1, 0.15) is 10.4 Å². The molecular formula is C18H16N2O3. The Morgan fingerprint density at radius 1 is 0.913 bits per heavy atom. The molecule has 3 aromatic rings. The molecule has 1 aromatic heterocycles. The Balaban J connectivity index is 1.63. The first kappa shape index (κ1) is 14.7. The maximum Gasteiger partial charge on any atom is 0.258 e. The zero-order valence-corrected chi connectivity index (χ0v) is 12.6. The Hall–Kier alpha value is -3.21. The Morgan fingerprint density at radius 2 is 1.52 bits per heavy atom. The number of amides is 1. The van der Waals surface area contributed by atoms with Crippen LogP contribution in [-0.4, -0.2) is 13.0 Å². The fraction of sp³-hybridized carbons (Fsp3) is 0.0556. The van der Waals surface area contributed by atoms with Crippen molar-refractivity contribution in [3.63, 3.8) is 0 Å². The molecule has 0 bridgehead atoms. The number of hydrogen-bond acceptors (Lipinski definition) is 4. The van der Waals surface area contributed by atoms with Crippen molar-refractivity contribution in [2.45, 2.75) is 0 Å². The highest BCUT2D eigenvalue weighted by Crippen LogP contribution is 2.21. The highest BCUT2D eigenvalue weighted by atomic mass is 16.5. The summed E-state index contributed by atoms with van der Waals surface area (Å²) in [5.41, 5.74) is 3.10. The second-order valence-electron chi connectivity index (χ2n) is 4.90. The summed E-state index contributed by atoms with van der Waals surface area (Å²) < 4.78 is 10.0. The first-order chi connectivity index (χ1) is 11.2. The third-order valence-corrected chi connectivity index (χ3v) is 3.30. The van der Waals surface area contributed by atoms with E-state index in [4.69, 9.17) is 9.15 Å². The van der Waals surface area contributed by atoms with Gasteiger partial charge in [0.1, 0.15) is 12.0 Å². The molecule has 0 aliphatic rings. The van der Waals surface area contributed by atoms with E-state index >= 15 is 0 Å². The Labute approximate surface area is 133 Å². The van der Waals surface area contributed by atoms with Crippen LogP contribution < -0.4 is 15.4 Å². The molecule has 0 saturated heterocycles. The molecule has 5 nitrogen and oxygen atoms in total. The number of rotatable bonds is 5. The molecule has 116 valence electrons. The number of methoxy groups -OCH3 is 1. The van der Waals surface area contributed by atoms with Crippen molar-refractivity contribution in [1.82, 2.24) is 0 Å². The maximum absolute atomic E-state index is 11.9. The van der Waals surface area contributed by atoms with E-state index < -0.39 is 0 Å². The van der Waals surface area contributed by atoms with Gasteiger partial charge < -0.3 is 19.8 Å². The first-order valence-corrected chi connectivity index (χ1v) is 7.09. The molecule has 1 heterocycles. The molecule has 2 N–H and O–H groups in total. The molecule has 5 heteroatoms. The van der Waals surface area contributed by atoms with Crippen LogP contribution in [0.5, 0.6) is 5.75 Å². The lowest BCUT2D eigenvalue weighted by atomic mass is 10.2. The van der Waals surface area contributed by atoms with Crippen LogP contribution in [0.15, 0.2) is 71.5 Å². The molecule has 0 fully saturated rings. The van der Waals surface area contributed by atoms with Gasteiger partial charge in [-0.25, -0.2) is 0 Å². The lowest BCUT2D eigenvalue weighted by Crippen LogP contribution is -2.10. The third kappa shape index (κ3) is 3.71. The van der Waals surface area contributed by atoms with Gasteiger partial charge in [0, 0.05) is 17.1 Å². The topological polar surface area (TPSA) is 63.5 Å². The minimum Gasteiger partial charge on any atom is -0.497 e. The van der Waals surface area contributed by atoms with Gasteiger partial charge in [-0.1, -0.05) is 0 Å². The minimum atomic E-state index is -0.199. The fourth-order valence-electron chi connectivity index (χ4n) is 2.07. The molecule has 0 radical (unpaired) electrons. The number of carbonyl (C=O) groups excluding carboxylic acids is 1. The lowest BCUT2D eigenvalue weighted by molar-refractivity contribution is 0.102. The van der Waals surface area contributed by atoms with Crippen molar-refractivity contribution in [3.8, 4) is 5.75 Å². The van der Waals surface area contributed by atoms with E-state index in [2.05, 4.69) is 10.6 Å². The quantitative estimate of drug-likeness (QED) is 0.738. The Kier molecular flexibility index (Phi) is 4.29.